The number of rotatable bonds is 4. The second-order valence-electron chi connectivity index (χ2n) is 1.75. The molecule has 7 heavy (non-hydrogen) atoms. The van der Waals surface area contributed by atoms with Crippen LogP contribution in [0.2, 0.25) is 8.87 Å². The van der Waals surface area contributed by atoms with Crippen LogP contribution in [0.25, 0.3) is 0 Å². The summed E-state index contributed by atoms with van der Waals surface area (Å²) >= 11 is 0.181. The van der Waals surface area contributed by atoms with E-state index in [2.05, 4.69) is 13.8 Å². The van der Waals surface area contributed by atoms with E-state index in [0.29, 0.717) is 0 Å². The minimum absolute atomic E-state index is 0.181. The van der Waals surface area contributed by atoms with Gasteiger partial charge in [-0.3, -0.25) is 0 Å². The molecule has 0 aromatic heterocycles. The van der Waals surface area contributed by atoms with Crippen LogP contribution in [0.5, 0.6) is 0 Å². The van der Waals surface area contributed by atoms with Crippen LogP contribution < -0.4 is 0 Å². The van der Waals surface area contributed by atoms with Crippen LogP contribution >= 0.6 is 0 Å². The SMILES string of the molecule is CC[CH2][Sn+2][CH2]CC. The summed E-state index contributed by atoms with van der Waals surface area (Å²) in [6.45, 7) is 4.58. The van der Waals surface area contributed by atoms with Crippen molar-refractivity contribution in [3.63, 3.8) is 0 Å². The standard InChI is InChI=1S/2C3H7.Sn/c2*1-3-2;/h2*1,3H2,2H3;/q;;+2. The average molecular weight is 205 g/mol. The first-order chi connectivity index (χ1) is 3.41. The van der Waals surface area contributed by atoms with E-state index >= 15 is 0 Å². The molecule has 0 bridgehead atoms. The van der Waals surface area contributed by atoms with Gasteiger partial charge in [0.2, 0.25) is 0 Å². The molecule has 0 aromatic carbocycles. The van der Waals surface area contributed by atoms with Gasteiger partial charge in [-0.2, -0.15) is 0 Å². The zero-order valence-electron chi connectivity index (χ0n) is 5.33. The first-order valence-electron chi connectivity index (χ1n) is 3.12. The Labute approximate surface area is 56.9 Å². The second kappa shape index (κ2) is 6.80. The molecule has 0 saturated heterocycles. The van der Waals surface area contributed by atoms with Gasteiger partial charge in [0.25, 0.3) is 0 Å². The average Bonchev–Trinajstić information content (AvgIpc) is 1.69. The van der Waals surface area contributed by atoms with Crippen molar-refractivity contribution in [2.75, 3.05) is 0 Å². The van der Waals surface area contributed by atoms with E-state index in [1.54, 1.807) is 8.87 Å². The Morgan fingerprint density at radius 1 is 1.00 bits per heavy atom. The summed E-state index contributed by atoms with van der Waals surface area (Å²) in [4.78, 5) is 0. The first-order valence-corrected chi connectivity index (χ1v) is 7.16. The molecular weight excluding hydrogens is 191 g/mol. The van der Waals surface area contributed by atoms with Crippen molar-refractivity contribution in [1.82, 2.24) is 0 Å². The second-order valence-corrected chi connectivity index (χ2v) is 6.03. The molecule has 0 amide bonds. The van der Waals surface area contributed by atoms with E-state index in [0.717, 1.165) is 0 Å². The molecule has 0 fully saturated rings. The molecule has 0 spiro atoms. The molecule has 0 atom stereocenters. The van der Waals surface area contributed by atoms with Gasteiger partial charge < -0.3 is 0 Å². The van der Waals surface area contributed by atoms with Crippen LogP contribution in [0.3, 0.4) is 0 Å². The Balaban J connectivity index is 2.45. The summed E-state index contributed by atoms with van der Waals surface area (Å²) in [5.41, 5.74) is 0. The van der Waals surface area contributed by atoms with Gasteiger partial charge in [0.05, 0.1) is 0 Å². The summed E-state index contributed by atoms with van der Waals surface area (Å²) in [5.74, 6) is 0. The maximum atomic E-state index is 2.29. The molecule has 0 aromatic rings. The molecule has 0 radical (unpaired) electrons. The molecule has 0 N–H and O–H groups in total. The van der Waals surface area contributed by atoms with Crippen LogP contribution in [0.4, 0.5) is 0 Å². The van der Waals surface area contributed by atoms with Crippen molar-refractivity contribution < 1.29 is 0 Å². The molecule has 0 aliphatic heterocycles. The third-order valence-corrected chi connectivity index (χ3v) is 5.73. The molecular formula is C6H14Sn+2. The van der Waals surface area contributed by atoms with Gasteiger partial charge in [0.1, 0.15) is 0 Å². The monoisotopic (exact) mass is 206 g/mol. The van der Waals surface area contributed by atoms with Crippen molar-refractivity contribution in [3.8, 4) is 0 Å². The number of hydrogen-bond donors (Lipinski definition) is 0. The van der Waals surface area contributed by atoms with Crippen molar-refractivity contribution in [1.29, 1.82) is 0 Å². The molecule has 0 aliphatic carbocycles. The van der Waals surface area contributed by atoms with Gasteiger partial charge in [-0.1, -0.05) is 0 Å². The van der Waals surface area contributed by atoms with Crippen molar-refractivity contribution in [2.45, 2.75) is 35.6 Å². The van der Waals surface area contributed by atoms with Crippen LogP contribution in [0.1, 0.15) is 26.7 Å². The van der Waals surface area contributed by atoms with E-state index in [4.69, 9.17) is 0 Å². The fraction of sp³-hybridized carbons (Fsp3) is 1.00. The molecule has 0 saturated carbocycles. The van der Waals surface area contributed by atoms with Crippen molar-refractivity contribution >= 4 is 21.1 Å². The quantitative estimate of drug-likeness (QED) is 0.488. The Kier molecular flexibility index (Phi) is 7.57. The Morgan fingerprint density at radius 3 is 1.71 bits per heavy atom. The molecule has 0 nitrogen and oxygen atoms in total. The summed E-state index contributed by atoms with van der Waals surface area (Å²) < 4.78 is 3.19. The molecule has 0 heterocycles. The molecule has 0 unspecified atom stereocenters. The van der Waals surface area contributed by atoms with E-state index < -0.39 is 0 Å². The zero-order chi connectivity index (χ0) is 5.54. The Morgan fingerprint density at radius 2 is 1.43 bits per heavy atom. The van der Waals surface area contributed by atoms with Crippen LogP contribution in [-0.2, 0) is 0 Å². The summed E-state index contributed by atoms with van der Waals surface area (Å²) in [6, 6.07) is 0. The van der Waals surface area contributed by atoms with Gasteiger partial charge >= 0.3 is 56.7 Å². The van der Waals surface area contributed by atoms with Crippen LogP contribution in [0.15, 0.2) is 0 Å². The minimum atomic E-state index is 0.181. The van der Waals surface area contributed by atoms with Crippen molar-refractivity contribution in [2.24, 2.45) is 0 Å². The molecule has 40 valence electrons. The van der Waals surface area contributed by atoms with Gasteiger partial charge in [-0.05, 0) is 0 Å². The maximum absolute atomic E-state index is 2.29. The topological polar surface area (TPSA) is 0 Å². The normalized spacial score (nSPS) is 8.29. The molecule has 0 aliphatic rings. The Bertz CT molecular complexity index is 23.4. The predicted octanol–water partition coefficient (Wildman–Crippen LogP) is 2.35. The van der Waals surface area contributed by atoms with Gasteiger partial charge in [0.15, 0.2) is 0 Å². The summed E-state index contributed by atoms with van der Waals surface area (Å²) in [5, 5.41) is 0. The third-order valence-electron chi connectivity index (χ3n) is 0.854. The van der Waals surface area contributed by atoms with E-state index in [-0.39, 0.29) is 21.1 Å². The Hall–Kier alpha value is 0.799. The van der Waals surface area contributed by atoms with Crippen molar-refractivity contribution in [3.05, 3.63) is 0 Å². The summed E-state index contributed by atoms with van der Waals surface area (Å²) in [7, 11) is 0. The van der Waals surface area contributed by atoms with E-state index in [1.807, 2.05) is 0 Å². The van der Waals surface area contributed by atoms with Crippen LogP contribution in [0, 0.1) is 0 Å². The predicted molar refractivity (Wildman–Crippen MR) is 35.9 cm³/mol. The van der Waals surface area contributed by atoms with E-state index in [9.17, 15) is 0 Å². The summed E-state index contributed by atoms with van der Waals surface area (Å²) in [6.07, 6.45) is 2.87. The fourth-order valence-electron chi connectivity index (χ4n) is 0.479. The van der Waals surface area contributed by atoms with E-state index in [1.165, 1.54) is 12.8 Å². The third kappa shape index (κ3) is 6.80. The van der Waals surface area contributed by atoms with Crippen LogP contribution in [-0.4, -0.2) is 21.1 Å². The van der Waals surface area contributed by atoms with Gasteiger partial charge in [0, 0.05) is 0 Å². The zero-order valence-corrected chi connectivity index (χ0v) is 8.18. The first kappa shape index (κ1) is 7.80. The fourth-order valence-corrected chi connectivity index (χ4v) is 3.21. The number of hydrogen-bond acceptors (Lipinski definition) is 0. The van der Waals surface area contributed by atoms with Gasteiger partial charge in [-0.25, -0.2) is 0 Å². The molecule has 1 heteroatoms. The van der Waals surface area contributed by atoms with Gasteiger partial charge in [-0.15, -0.1) is 0 Å². The molecule has 0 rings (SSSR count).